The summed E-state index contributed by atoms with van der Waals surface area (Å²) < 4.78 is 0. The van der Waals surface area contributed by atoms with Crippen LogP contribution < -0.4 is 5.32 Å². The Morgan fingerprint density at radius 1 is 1.06 bits per heavy atom. The molecule has 0 bridgehead atoms. The Labute approximate surface area is 103 Å². The molecule has 98 valence electrons. The summed E-state index contributed by atoms with van der Waals surface area (Å²) in [6, 6.07) is 0.999. The Kier molecular flexibility index (Phi) is 4.80. The monoisotopic (exact) mass is 240 g/mol. The molecular formula is C13H24N2O2. The van der Waals surface area contributed by atoms with E-state index in [-0.39, 0.29) is 6.54 Å². The molecule has 4 nitrogen and oxygen atoms in total. The van der Waals surface area contributed by atoms with Crippen LogP contribution in [0.4, 0.5) is 0 Å². The molecule has 2 rings (SSSR count). The van der Waals surface area contributed by atoms with E-state index in [1.165, 1.54) is 32.1 Å². The van der Waals surface area contributed by atoms with Gasteiger partial charge in [-0.2, -0.15) is 0 Å². The minimum atomic E-state index is -0.672. The van der Waals surface area contributed by atoms with E-state index in [0.29, 0.717) is 12.1 Å². The van der Waals surface area contributed by atoms with Crippen molar-refractivity contribution in [1.29, 1.82) is 0 Å². The maximum absolute atomic E-state index is 11.0. The lowest BCUT2D eigenvalue weighted by Crippen LogP contribution is -2.50. The molecule has 0 aromatic rings. The van der Waals surface area contributed by atoms with Crippen molar-refractivity contribution in [2.24, 2.45) is 0 Å². The quantitative estimate of drug-likeness (QED) is 0.781. The van der Waals surface area contributed by atoms with Crippen LogP contribution in [-0.2, 0) is 4.79 Å². The molecular weight excluding hydrogens is 216 g/mol. The number of rotatable bonds is 4. The van der Waals surface area contributed by atoms with E-state index in [0.717, 1.165) is 25.9 Å². The molecule has 1 aliphatic heterocycles. The Bertz CT molecular complexity index is 228. The fourth-order valence-corrected chi connectivity index (χ4v) is 3.26. The van der Waals surface area contributed by atoms with Gasteiger partial charge in [0.05, 0.1) is 6.54 Å². The average molecular weight is 240 g/mol. The first kappa shape index (κ1) is 12.8. The number of piperidine rings is 1. The minimum Gasteiger partial charge on any atom is -0.480 e. The van der Waals surface area contributed by atoms with E-state index in [2.05, 4.69) is 10.2 Å². The highest BCUT2D eigenvalue weighted by Gasteiger charge is 2.29. The van der Waals surface area contributed by atoms with Gasteiger partial charge in [-0.25, -0.2) is 0 Å². The van der Waals surface area contributed by atoms with Crippen molar-refractivity contribution in [3.05, 3.63) is 0 Å². The van der Waals surface area contributed by atoms with Gasteiger partial charge < -0.3 is 10.4 Å². The fourth-order valence-electron chi connectivity index (χ4n) is 3.26. The lowest BCUT2D eigenvalue weighted by atomic mass is 9.91. The molecule has 1 saturated heterocycles. The molecule has 2 N–H and O–H groups in total. The van der Waals surface area contributed by atoms with Gasteiger partial charge in [-0.3, -0.25) is 9.69 Å². The van der Waals surface area contributed by atoms with Gasteiger partial charge in [-0.05, 0) is 38.8 Å². The van der Waals surface area contributed by atoms with Crippen molar-refractivity contribution in [2.75, 3.05) is 19.6 Å². The molecule has 0 aromatic carbocycles. The number of nitrogens with one attached hydrogen (secondary N) is 1. The van der Waals surface area contributed by atoms with Crippen molar-refractivity contribution in [2.45, 2.75) is 57.0 Å². The molecule has 2 fully saturated rings. The lowest BCUT2D eigenvalue weighted by molar-refractivity contribution is -0.140. The van der Waals surface area contributed by atoms with Crippen LogP contribution in [0, 0.1) is 0 Å². The standard InChI is InChI=1S/C13H24N2O2/c16-13(17)10-15(11-4-2-1-3-5-11)12-6-8-14-9-7-12/h11-12,14H,1-10H2,(H,16,17). The molecule has 1 aliphatic carbocycles. The second kappa shape index (κ2) is 6.36. The molecule has 17 heavy (non-hydrogen) atoms. The van der Waals surface area contributed by atoms with Crippen LogP contribution in [0.2, 0.25) is 0 Å². The Hall–Kier alpha value is -0.610. The van der Waals surface area contributed by atoms with Crippen LogP contribution in [0.5, 0.6) is 0 Å². The summed E-state index contributed by atoms with van der Waals surface area (Å²) in [5.74, 6) is -0.672. The van der Waals surface area contributed by atoms with Crippen LogP contribution in [-0.4, -0.2) is 47.7 Å². The van der Waals surface area contributed by atoms with Gasteiger partial charge in [0.2, 0.25) is 0 Å². The van der Waals surface area contributed by atoms with Gasteiger partial charge in [0.15, 0.2) is 0 Å². The van der Waals surface area contributed by atoms with Crippen LogP contribution in [0.1, 0.15) is 44.9 Å². The van der Waals surface area contributed by atoms with Crippen LogP contribution in [0.3, 0.4) is 0 Å². The molecule has 4 heteroatoms. The van der Waals surface area contributed by atoms with Gasteiger partial charge in [-0.1, -0.05) is 19.3 Å². The number of hydrogen-bond acceptors (Lipinski definition) is 3. The van der Waals surface area contributed by atoms with Crippen molar-refractivity contribution < 1.29 is 9.90 Å². The summed E-state index contributed by atoms with van der Waals surface area (Å²) in [6.45, 7) is 2.30. The third-order valence-electron chi connectivity index (χ3n) is 4.14. The van der Waals surface area contributed by atoms with Crippen molar-refractivity contribution >= 4 is 5.97 Å². The molecule has 0 atom stereocenters. The SMILES string of the molecule is O=C(O)CN(C1CCCCC1)C1CCNCC1. The highest BCUT2D eigenvalue weighted by molar-refractivity contribution is 5.69. The maximum atomic E-state index is 11.0. The van der Waals surface area contributed by atoms with Crippen molar-refractivity contribution in [3.63, 3.8) is 0 Å². The minimum absolute atomic E-state index is 0.231. The summed E-state index contributed by atoms with van der Waals surface area (Å²) in [5.41, 5.74) is 0. The van der Waals surface area contributed by atoms with Crippen LogP contribution in [0.25, 0.3) is 0 Å². The van der Waals surface area contributed by atoms with Gasteiger partial charge >= 0.3 is 5.97 Å². The Morgan fingerprint density at radius 3 is 2.24 bits per heavy atom. The zero-order valence-corrected chi connectivity index (χ0v) is 10.5. The third-order valence-corrected chi connectivity index (χ3v) is 4.14. The molecule has 2 aliphatic rings. The molecule has 0 radical (unpaired) electrons. The summed E-state index contributed by atoms with van der Waals surface area (Å²) in [7, 11) is 0. The highest BCUT2D eigenvalue weighted by atomic mass is 16.4. The van der Waals surface area contributed by atoms with E-state index < -0.39 is 5.97 Å². The average Bonchev–Trinajstić information content (AvgIpc) is 2.38. The van der Waals surface area contributed by atoms with Crippen LogP contribution in [0.15, 0.2) is 0 Å². The fraction of sp³-hybridized carbons (Fsp3) is 0.923. The number of nitrogens with zero attached hydrogens (tertiary/aromatic N) is 1. The third kappa shape index (κ3) is 3.68. The molecule has 1 heterocycles. The molecule has 1 saturated carbocycles. The topological polar surface area (TPSA) is 52.6 Å². The van der Waals surface area contributed by atoms with E-state index in [1.54, 1.807) is 0 Å². The van der Waals surface area contributed by atoms with Gasteiger partial charge in [0.25, 0.3) is 0 Å². The second-order valence-corrected chi connectivity index (χ2v) is 5.34. The summed E-state index contributed by atoms with van der Waals surface area (Å²) in [5, 5.41) is 12.4. The number of carbonyl (C=O) groups is 1. The Balaban J connectivity index is 1.97. The number of carboxylic acids is 1. The van der Waals surface area contributed by atoms with Crippen molar-refractivity contribution in [1.82, 2.24) is 10.2 Å². The van der Waals surface area contributed by atoms with Gasteiger partial charge in [0.1, 0.15) is 0 Å². The van der Waals surface area contributed by atoms with E-state index in [9.17, 15) is 4.79 Å². The first-order valence-electron chi connectivity index (χ1n) is 6.95. The molecule has 0 amide bonds. The maximum Gasteiger partial charge on any atom is 0.317 e. The second-order valence-electron chi connectivity index (χ2n) is 5.34. The smallest absolute Gasteiger partial charge is 0.317 e. The summed E-state index contributed by atoms with van der Waals surface area (Å²) in [6.07, 6.45) is 8.45. The number of aliphatic carboxylic acids is 1. The van der Waals surface area contributed by atoms with E-state index in [4.69, 9.17) is 5.11 Å². The summed E-state index contributed by atoms with van der Waals surface area (Å²) >= 11 is 0. The first-order valence-corrected chi connectivity index (χ1v) is 6.95. The molecule has 0 aromatic heterocycles. The first-order chi connectivity index (χ1) is 8.27. The normalized spacial score (nSPS) is 24.1. The predicted octanol–water partition coefficient (Wildman–Crippen LogP) is 1.46. The number of carboxylic acid groups (broad SMARTS) is 1. The van der Waals surface area contributed by atoms with E-state index >= 15 is 0 Å². The largest absolute Gasteiger partial charge is 0.480 e. The zero-order valence-electron chi connectivity index (χ0n) is 10.5. The van der Waals surface area contributed by atoms with Gasteiger partial charge in [-0.15, -0.1) is 0 Å². The zero-order chi connectivity index (χ0) is 12.1. The van der Waals surface area contributed by atoms with Crippen molar-refractivity contribution in [3.8, 4) is 0 Å². The predicted molar refractivity (Wildman–Crippen MR) is 67.1 cm³/mol. The molecule has 0 unspecified atom stereocenters. The number of hydrogen-bond donors (Lipinski definition) is 2. The Morgan fingerprint density at radius 2 is 1.65 bits per heavy atom. The van der Waals surface area contributed by atoms with Gasteiger partial charge in [0, 0.05) is 12.1 Å². The van der Waals surface area contributed by atoms with Crippen LogP contribution >= 0.6 is 0 Å². The highest BCUT2D eigenvalue weighted by Crippen LogP contribution is 2.26. The lowest BCUT2D eigenvalue weighted by Gasteiger charge is -2.40. The summed E-state index contributed by atoms with van der Waals surface area (Å²) in [4.78, 5) is 13.3. The molecule has 0 spiro atoms. The van der Waals surface area contributed by atoms with E-state index in [1.807, 2.05) is 0 Å².